The minimum absolute atomic E-state index is 0.0404. The average Bonchev–Trinajstić information content (AvgIpc) is 3.26. The molecule has 5 rings (SSSR count). The number of sulfonamides is 1. The van der Waals surface area contributed by atoms with Crippen LogP contribution < -0.4 is 4.80 Å². The Balaban J connectivity index is 1.46. The van der Waals surface area contributed by atoms with E-state index < -0.39 is 10.0 Å². The topological polar surface area (TPSA) is 71.7 Å². The molecule has 0 aliphatic heterocycles. The Morgan fingerprint density at radius 3 is 2.46 bits per heavy atom. The zero-order valence-electron chi connectivity index (χ0n) is 20.0. The van der Waals surface area contributed by atoms with Gasteiger partial charge in [-0.1, -0.05) is 60.9 Å². The van der Waals surface area contributed by atoms with Crippen LogP contribution in [0.3, 0.4) is 0 Å². The molecular weight excluding hydrogens is 478 g/mol. The predicted molar refractivity (Wildman–Crippen MR) is 141 cm³/mol. The lowest BCUT2D eigenvalue weighted by Crippen LogP contribution is -2.38. The third-order valence-corrected chi connectivity index (χ3v) is 9.91. The molecule has 1 saturated carbocycles. The van der Waals surface area contributed by atoms with Gasteiger partial charge in [0.2, 0.25) is 10.0 Å². The van der Waals surface area contributed by atoms with Crippen molar-refractivity contribution >= 4 is 48.3 Å². The summed E-state index contributed by atoms with van der Waals surface area (Å²) in [5, 5.41) is 2.28. The molecule has 182 valence electrons. The molecule has 1 amide bonds. The molecule has 0 radical (unpaired) electrons. The quantitative estimate of drug-likeness (QED) is 0.355. The van der Waals surface area contributed by atoms with Crippen LogP contribution in [0.2, 0.25) is 0 Å². The summed E-state index contributed by atoms with van der Waals surface area (Å²) < 4.78 is 30.9. The van der Waals surface area contributed by atoms with Gasteiger partial charge in [-0.3, -0.25) is 4.79 Å². The standard InChI is InChI=1S/C27H29N3O3S2/c1-3-30-25-23-12-8-7-9-19(23)15-18-24(25)34-27(30)28-26(31)20-13-16-22(17-14-20)35(32,33)29(2)21-10-5-4-6-11-21/h7-9,12-18,21H,3-6,10-11H2,1-2H3. The minimum Gasteiger partial charge on any atom is -0.316 e. The van der Waals surface area contributed by atoms with Crippen molar-refractivity contribution < 1.29 is 13.2 Å². The van der Waals surface area contributed by atoms with Gasteiger partial charge in [0.1, 0.15) is 0 Å². The smallest absolute Gasteiger partial charge is 0.279 e. The van der Waals surface area contributed by atoms with Gasteiger partial charge in [0.05, 0.1) is 15.1 Å². The van der Waals surface area contributed by atoms with E-state index in [1.807, 2.05) is 19.1 Å². The molecule has 0 unspecified atom stereocenters. The Hall–Kier alpha value is -2.81. The van der Waals surface area contributed by atoms with Crippen molar-refractivity contribution in [2.45, 2.75) is 56.5 Å². The summed E-state index contributed by atoms with van der Waals surface area (Å²) in [5.74, 6) is -0.382. The van der Waals surface area contributed by atoms with Gasteiger partial charge in [0.25, 0.3) is 5.91 Å². The van der Waals surface area contributed by atoms with Crippen molar-refractivity contribution in [3.63, 3.8) is 0 Å². The fraction of sp³-hybridized carbons (Fsp3) is 0.333. The van der Waals surface area contributed by atoms with Crippen molar-refractivity contribution in [3.05, 3.63) is 71.0 Å². The molecule has 1 heterocycles. The highest BCUT2D eigenvalue weighted by molar-refractivity contribution is 7.89. The van der Waals surface area contributed by atoms with E-state index in [1.54, 1.807) is 19.2 Å². The van der Waals surface area contributed by atoms with E-state index in [0.717, 1.165) is 46.7 Å². The number of thiazole rings is 1. The highest BCUT2D eigenvalue weighted by Crippen LogP contribution is 2.28. The van der Waals surface area contributed by atoms with Crippen LogP contribution in [-0.4, -0.2) is 36.3 Å². The Morgan fingerprint density at radius 2 is 1.74 bits per heavy atom. The van der Waals surface area contributed by atoms with E-state index in [9.17, 15) is 13.2 Å². The first kappa shape index (κ1) is 23.9. The van der Waals surface area contributed by atoms with E-state index in [1.165, 1.54) is 34.2 Å². The fourth-order valence-corrected chi connectivity index (χ4v) is 7.47. The summed E-state index contributed by atoms with van der Waals surface area (Å²) >= 11 is 1.49. The molecule has 8 heteroatoms. The third kappa shape index (κ3) is 4.46. The SMILES string of the molecule is CCn1c(=NC(=O)c2ccc(S(=O)(=O)N(C)C3CCCCC3)cc2)sc2ccc3ccccc3c21. The lowest BCUT2D eigenvalue weighted by molar-refractivity contribution is 0.0997. The number of rotatable bonds is 5. The van der Waals surface area contributed by atoms with E-state index in [-0.39, 0.29) is 16.8 Å². The van der Waals surface area contributed by atoms with Crippen LogP contribution in [0.5, 0.6) is 0 Å². The summed E-state index contributed by atoms with van der Waals surface area (Å²) in [5.41, 5.74) is 1.45. The number of hydrogen-bond acceptors (Lipinski definition) is 4. The first-order chi connectivity index (χ1) is 16.9. The van der Waals surface area contributed by atoms with Crippen molar-refractivity contribution in [1.29, 1.82) is 0 Å². The van der Waals surface area contributed by atoms with Crippen molar-refractivity contribution in [1.82, 2.24) is 8.87 Å². The Kier molecular flexibility index (Phi) is 6.61. The summed E-state index contributed by atoms with van der Waals surface area (Å²) in [6.45, 7) is 2.73. The van der Waals surface area contributed by atoms with E-state index >= 15 is 0 Å². The second-order valence-corrected chi connectivity index (χ2v) is 12.0. The largest absolute Gasteiger partial charge is 0.316 e. The number of carbonyl (C=O) groups is 1. The highest BCUT2D eigenvalue weighted by atomic mass is 32.2. The second kappa shape index (κ2) is 9.68. The maximum absolute atomic E-state index is 13.1. The monoisotopic (exact) mass is 507 g/mol. The summed E-state index contributed by atoms with van der Waals surface area (Å²) in [7, 11) is -1.94. The van der Waals surface area contributed by atoms with Gasteiger partial charge in [0, 0.05) is 30.6 Å². The summed E-state index contributed by atoms with van der Waals surface area (Å²) in [6.07, 6.45) is 5.08. The molecule has 0 atom stereocenters. The number of nitrogens with zero attached hydrogens (tertiary/aromatic N) is 3. The number of aryl methyl sites for hydroxylation is 1. The Labute approximate surface area is 209 Å². The van der Waals surface area contributed by atoms with Gasteiger partial charge in [-0.15, -0.1) is 0 Å². The van der Waals surface area contributed by atoms with Gasteiger partial charge in [0.15, 0.2) is 4.80 Å². The summed E-state index contributed by atoms with van der Waals surface area (Å²) in [4.78, 5) is 18.3. The molecule has 0 saturated heterocycles. The van der Waals surface area contributed by atoms with Crippen molar-refractivity contribution in [3.8, 4) is 0 Å². The molecule has 0 N–H and O–H groups in total. The normalized spacial score (nSPS) is 15.9. The number of fused-ring (bicyclic) bond motifs is 3. The first-order valence-electron chi connectivity index (χ1n) is 12.1. The number of carbonyl (C=O) groups excluding carboxylic acids is 1. The van der Waals surface area contributed by atoms with Gasteiger partial charge in [-0.25, -0.2) is 8.42 Å². The molecule has 6 nitrogen and oxygen atoms in total. The molecule has 35 heavy (non-hydrogen) atoms. The predicted octanol–water partition coefficient (Wildman–Crippen LogP) is 5.57. The third-order valence-electron chi connectivity index (χ3n) is 6.95. The second-order valence-electron chi connectivity index (χ2n) is 9.02. The van der Waals surface area contributed by atoms with E-state index in [4.69, 9.17) is 0 Å². The molecule has 4 aromatic rings. The van der Waals surface area contributed by atoms with Crippen LogP contribution in [0.15, 0.2) is 70.6 Å². The van der Waals surface area contributed by atoms with E-state index in [2.05, 4.69) is 33.8 Å². The van der Waals surface area contributed by atoms with Crippen LogP contribution >= 0.6 is 11.3 Å². The molecule has 1 aliphatic carbocycles. The van der Waals surface area contributed by atoms with Crippen LogP contribution in [0.1, 0.15) is 49.4 Å². The van der Waals surface area contributed by atoms with Gasteiger partial charge < -0.3 is 4.57 Å². The molecule has 1 aliphatic rings. The van der Waals surface area contributed by atoms with E-state index in [0.29, 0.717) is 16.9 Å². The van der Waals surface area contributed by atoms with Gasteiger partial charge in [-0.05, 0) is 55.5 Å². The number of hydrogen-bond donors (Lipinski definition) is 0. The molecule has 0 bridgehead atoms. The lowest BCUT2D eigenvalue weighted by Gasteiger charge is -2.30. The molecular formula is C27H29N3O3S2. The molecule has 0 spiro atoms. The molecule has 1 aromatic heterocycles. The maximum atomic E-state index is 13.1. The zero-order valence-corrected chi connectivity index (χ0v) is 21.6. The highest BCUT2D eigenvalue weighted by Gasteiger charge is 2.29. The fourth-order valence-electron chi connectivity index (χ4n) is 4.95. The van der Waals surface area contributed by atoms with Crippen molar-refractivity contribution in [2.24, 2.45) is 4.99 Å². The number of aromatic nitrogens is 1. The lowest BCUT2D eigenvalue weighted by atomic mass is 9.96. The molecule has 1 fully saturated rings. The molecule has 3 aromatic carbocycles. The van der Waals surface area contributed by atoms with Gasteiger partial charge in [-0.2, -0.15) is 9.30 Å². The Morgan fingerprint density at radius 1 is 1.03 bits per heavy atom. The van der Waals surface area contributed by atoms with Crippen LogP contribution in [0.25, 0.3) is 21.0 Å². The van der Waals surface area contributed by atoms with Crippen LogP contribution in [-0.2, 0) is 16.6 Å². The Bertz CT molecular complexity index is 1560. The minimum atomic E-state index is -3.60. The van der Waals surface area contributed by atoms with Crippen LogP contribution in [0.4, 0.5) is 0 Å². The first-order valence-corrected chi connectivity index (χ1v) is 14.3. The summed E-state index contributed by atoms with van der Waals surface area (Å²) in [6, 6.07) is 18.6. The average molecular weight is 508 g/mol. The van der Waals surface area contributed by atoms with Crippen molar-refractivity contribution in [2.75, 3.05) is 7.05 Å². The maximum Gasteiger partial charge on any atom is 0.279 e. The number of amides is 1. The zero-order chi connectivity index (χ0) is 24.6. The van der Waals surface area contributed by atoms with Gasteiger partial charge >= 0.3 is 0 Å². The number of benzene rings is 3. The van der Waals surface area contributed by atoms with Crippen LogP contribution in [0, 0.1) is 0 Å².